The number of amides is 1. The molecule has 0 atom stereocenters. The molecular weight excluding hydrogens is 254 g/mol. The van der Waals surface area contributed by atoms with Gasteiger partial charge in [-0.05, 0) is 51.5 Å². The molecule has 0 aliphatic rings. The molecule has 0 radical (unpaired) electrons. The molecule has 0 saturated carbocycles. The largest absolute Gasteiger partial charge is 0.491 e. The molecule has 0 fully saturated rings. The first-order valence-electron chi connectivity index (χ1n) is 6.70. The Morgan fingerprint density at radius 3 is 2.75 bits per heavy atom. The Kier molecular flexibility index (Phi) is 5.77. The molecule has 1 rings (SSSR count). The van der Waals surface area contributed by atoms with Crippen LogP contribution in [0.5, 0.6) is 5.75 Å². The zero-order valence-electron chi connectivity index (χ0n) is 12.5. The molecule has 20 heavy (non-hydrogen) atoms. The van der Waals surface area contributed by atoms with Crippen molar-refractivity contribution >= 4 is 12.0 Å². The van der Waals surface area contributed by atoms with E-state index in [0.717, 1.165) is 11.3 Å². The van der Waals surface area contributed by atoms with E-state index in [0.29, 0.717) is 0 Å². The number of aliphatic hydroxyl groups excluding tert-OH is 1. The van der Waals surface area contributed by atoms with Gasteiger partial charge in [-0.2, -0.15) is 0 Å². The van der Waals surface area contributed by atoms with Crippen LogP contribution in [0, 0.1) is 0 Å². The molecule has 0 aliphatic heterocycles. The highest BCUT2D eigenvalue weighted by Gasteiger charge is 2.17. The van der Waals surface area contributed by atoms with Crippen molar-refractivity contribution < 1.29 is 14.6 Å². The molecule has 0 spiro atoms. The maximum Gasteiger partial charge on any atom is 0.244 e. The van der Waals surface area contributed by atoms with Gasteiger partial charge in [0.2, 0.25) is 5.91 Å². The number of hydrogen-bond acceptors (Lipinski definition) is 3. The van der Waals surface area contributed by atoms with Gasteiger partial charge in [-0.3, -0.25) is 4.79 Å². The minimum absolute atomic E-state index is 0.107. The Labute approximate surface area is 120 Å². The topological polar surface area (TPSA) is 58.6 Å². The van der Waals surface area contributed by atoms with Gasteiger partial charge in [0.25, 0.3) is 0 Å². The third-order valence-corrected chi connectivity index (χ3v) is 2.51. The predicted octanol–water partition coefficient (Wildman–Crippen LogP) is 2.37. The number of hydrogen-bond donors (Lipinski definition) is 2. The fraction of sp³-hybridized carbons (Fsp3) is 0.438. The number of rotatable bonds is 6. The van der Waals surface area contributed by atoms with Crippen molar-refractivity contribution in [2.75, 3.05) is 6.61 Å². The number of benzene rings is 1. The normalized spacial score (nSPS) is 11.9. The first-order chi connectivity index (χ1) is 9.32. The molecule has 0 bridgehead atoms. The lowest BCUT2D eigenvalue weighted by Crippen LogP contribution is -2.45. The van der Waals surface area contributed by atoms with Crippen LogP contribution in [0.3, 0.4) is 0 Å². The van der Waals surface area contributed by atoms with E-state index in [2.05, 4.69) is 5.32 Å². The van der Waals surface area contributed by atoms with Gasteiger partial charge < -0.3 is 15.2 Å². The van der Waals surface area contributed by atoms with Crippen LogP contribution < -0.4 is 10.1 Å². The van der Waals surface area contributed by atoms with Crippen LogP contribution in [-0.2, 0) is 4.79 Å². The second-order valence-corrected chi connectivity index (χ2v) is 5.60. The number of nitrogens with one attached hydrogen (secondary N) is 1. The van der Waals surface area contributed by atoms with E-state index in [1.54, 1.807) is 19.9 Å². The zero-order valence-corrected chi connectivity index (χ0v) is 12.5. The molecule has 0 aliphatic carbocycles. The van der Waals surface area contributed by atoms with E-state index in [1.807, 2.05) is 38.1 Å². The lowest BCUT2D eigenvalue weighted by Gasteiger charge is -2.22. The van der Waals surface area contributed by atoms with Gasteiger partial charge >= 0.3 is 0 Å². The van der Waals surface area contributed by atoms with Crippen LogP contribution in [0.25, 0.3) is 6.08 Å². The molecule has 110 valence electrons. The van der Waals surface area contributed by atoms with Gasteiger partial charge in [-0.1, -0.05) is 12.1 Å². The molecule has 0 aromatic heterocycles. The van der Waals surface area contributed by atoms with Crippen LogP contribution in [-0.4, -0.2) is 29.3 Å². The summed E-state index contributed by atoms with van der Waals surface area (Å²) in [6.07, 6.45) is 3.28. The molecule has 1 aromatic rings. The standard InChI is InChI=1S/C16H23NO3/c1-12(2)20-14-7-5-6-13(10-14)8-9-15(19)17-16(3,4)11-18/h5-10,12,18H,11H2,1-4H3,(H,17,19)/b9-8+. The third-order valence-electron chi connectivity index (χ3n) is 2.51. The predicted molar refractivity (Wildman–Crippen MR) is 80.5 cm³/mol. The van der Waals surface area contributed by atoms with E-state index in [-0.39, 0.29) is 18.6 Å². The summed E-state index contributed by atoms with van der Waals surface area (Å²) >= 11 is 0. The maximum absolute atomic E-state index is 11.7. The Hall–Kier alpha value is -1.81. The van der Waals surface area contributed by atoms with E-state index in [4.69, 9.17) is 9.84 Å². The minimum atomic E-state index is -0.621. The van der Waals surface area contributed by atoms with E-state index in [1.165, 1.54) is 6.08 Å². The summed E-state index contributed by atoms with van der Waals surface area (Å²) in [5.74, 6) is 0.539. The van der Waals surface area contributed by atoms with Gasteiger partial charge in [0.05, 0.1) is 18.2 Å². The Morgan fingerprint density at radius 2 is 2.15 bits per heavy atom. The van der Waals surface area contributed by atoms with Crippen molar-refractivity contribution in [2.45, 2.75) is 39.3 Å². The summed E-state index contributed by atoms with van der Waals surface area (Å²) in [7, 11) is 0. The third kappa shape index (κ3) is 5.89. The molecule has 2 N–H and O–H groups in total. The SMILES string of the molecule is CC(C)Oc1cccc(/C=C/C(=O)NC(C)(C)CO)c1. The summed E-state index contributed by atoms with van der Waals surface area (Å²) in [5.41, 5.74) is 0.268. The number of carbonyl (C=O) groups excluding carboxylic acids is 1. The van der Waals surface area contributed by atoms with E-state index >= 15 is 0 Å². The smallest absolute Gasteiger partial charge is 0.244 e. The first kappa shape index (κ1) is 16.2. The number of ether oxygens (including phenoxy) is 1. The zero-order chi connectivity index (χ0) is 15.2. The van der Waals surface area contributed by atoms with E-state index < -0.39 is 5.54 Å². The van der Waals surface area contributed by atoms with Crippen molar-refractivity contribution in [1.82, 2.24) is 5.32 Å². The molecule has 0 heterocycles. The first-order valence-corrected chi connectivity index (χ1v) is 6.70. The van der Waals surface area contributed by atoms with Gasteiger partial charge in [0.1, 0.15) is 5.75 Å². The molecule has 1 aromatic carbocycles. The fourth-order valence-electron chi connectivity index (χ4n) is 1.55. The Morgan fingerprint density at radius 1 is 1.45 bits per heavy atom. The van der Waals surface area contributed by atoms with E-state index in [9.17, 15) is 4.79 Å². The van der Waals surface area contributed by atoms with Crippen molar-refractivity contribution in [3.05, 3.63) is 35.9 Å². The minimum Gasteiger partial charge on any atom is -0.491 e. The highest BCUT2D eigenvalue weighted by Crippen LogP contribution is 2.15. The second-order valence-electron chi connectivity index (χ2n) is 5.60. The number of carbonyl (C=O) groups is 1. The van der Waals surface area contributed by atoms with Crippen LogP contribution in [0.2, 0.25) is 0 Å². The Balaban J connectivity index is 2.68. The molecule has 0 unspecified atom stereocenters. The lowest BCUT2D eigenvalue weighted by molar-refractivity contribution is -0.118. The van der Waals surface area contributed by atoms with Gasteiger partial charge in [-0.15, -0.1) is 0 Å². The molecule has 0 saturated heterocycles. The average Bonchev–Trinajstić information content (AvgIpc) is 2.35. The highest BCUT2D eigenvalue weighted by atomic mass is 16.5. The summed E-state index contributed by atoms with van der Waals surface area (Å²) in [6.45, 7) is 7.34. The van der Waals surface area contributed by atoms with Crippen molar-refractivity contribution in [3.63, 3.8) is 0 Å². The molecule has 1 amide bonds. The van der Waals surface area contributed by atoms with Crippen molar-refractivity contribution in [2.24, 2.45) is 0 Å². The van der Waals surface area contributed by atoms with Gasteiger partial charge in [0.15, 0.2) is 0 Å². The highest BCUT2D eigenvalue weighted by molar-refractivity contribution is 5.92. The lowest BCUT2D eigenvalue weighted by atomic mass is 10.1. The van der Waals surface area contributed by atoms with Crippen LogP contribution >= 0.6 is 0 Å². The molecular formula is C16H23NO3. The summed E-state index contributed by atoms with van der Waals surface area (Å²) in [5, 5.41) is 11.8. The summed E-state index contributed by atoms with van der Waals surface area (Å²) in [6, 6.07) is 7.54. The molecule has 4 nitrogen and oxygen atoms in total. The monoisotopic (exact) mass is 277 g/mol. The maximum atomic E-state index is 11.7. The number of aliphatic hydroxyl groups is 1. The summed E-state index contributed by atoms with van der Waals surface area (Å²) in [4.78, 5) is 11.7. The Bertz CT molecular complexity index is 478. The molecule has 4 heteroatoms. The average molecular weight is 277 g/mol. The second kappa shape index (κ2) is 7.10. The summed E-state index contributed by atoms with van der Waals surface area (Å²) < 4.78 is 5.59. The van der Waals surface area contributed by atoms with Gasteiger partial charge in [-0.25, -0.2) is 0 Å². The quantitative estimate of drug-likeness (QED) is 0.785. The van der Waals surface area contributed by atoms with Crippen LogP contribution in [0.4, 0.5) is 0 Å². The van der Waals surface area contributed by atoms with Crippen molar-refractivity contribution in [1.29, 1.82) is 0 Å². The van der Waals surface area contributed by atoms with Crippen molar-refractivity contribution in [3.8, 4) is 5.75 Å². The fourth-order valence-corrected chi connectivity index (χ4v) is 1.55. The van der Waals surface area contributed by atoms with Crippen LogP contribution in [0.1, 0.15) is 33.3 Å². The van der Waals surface area contributed by atoms with Crippen LogP contribution in [0.15, 0.2) is 30.3 Å². The van der Waals surface area contributed by atoms with Gasteiger partial charge in [0, 0.05) is 6.08 Å².